The van der Waals surface area contributed by atoms with Crippen LogP contribution in [0.4, 0.5) is 19.0 Å². The van der Waals surface area contributed by atoms with Crippen LogP contribution < -0.4 is 5.73 Å². The minimum absolute atomic E-state index is 0.167. The van der Waals surface area contributed by atoms with Crippen LogP contribution in [0.1, 0.15) is 5.56 Å². The minimum Gasteiger partial charge on any atom is -0.383 e. The standard InChI is InChI=1S/C10H8F3N3O2S/c11-10(12,13)6-1-3-7(4-2-6)19(17,18)8-5-15-16-9(8)14/h1-5H,(H3,14,15,16). The van der Waals surface area contributed by atoms with Crippen molar-refractivity contribution in [1.29, 1.82) is 0 Å². The molecule has 102 valence electrons. The molecule has 0 saturated heterocycles. The fraction of sp³-hybridized carbons (Fsp3) is 0.100. The van der Waals surface area contributed by atoms with Crippen molar-refractivity contribution in [2.45, 2.75) is 16.0 Å². The lowest BCUT2D eigenvalue weighted by atomic mass is 10.2. The maximum absolute atomic E-state index is 12.4. The topological polar surface area (TPSA) is 88.8 Å². The van der Waals surface area contributed by atoms with E-state index in [1.165, 1.54) is 0 Å². The molecule has 0 aliphatic rings. The summed E-state index contributed by atoms with van der Waals surface area (Å²) >= 11 is 0. The zero-order chi connectivity index (χ0) is 14.3. The van der Waals surface area contributed by atoms with Crippen LogP contribution in [0.15, 0.2) is 40.3 Å². The van der Waals surface area contributed by atoms with Crippen molar-refractivity contribution < 1.29 is 21.6 Å². The van der Waals surface area contributed by atoms with Gasteiger partial charge in [-0.15, -0.1) is 0 Å². The summed E-state index contributed by atoms with van der Waals surface area (Å²) in [7, 11) is -3.97. The van der Waals surface area contributed by atoms with Gasteiger partial charge in [-0.2, -0.15) is 18.3 Å². The molecule has 1 aromatic carbocycles. The Bertz CT molecular complexity index is 690. The van der Waals surface area contributed by atoms with Gasteiger partial charge in [-0.1, -0.05) is 0 Å². The van der Waals surface area contributed by atoms with E-state index in [0.29, 0.717) is 12.1 Å². The number of H-pyrrole nitrogens is 1. The predicted octanol–water partition coefficient (Wildman–Crippen LogP) is 1.84. The first kappa shape index (κ1) is 13.4. The third-order valence-corrected chi connectivity index (χ3v) is 4.21. The summed E-state index contributed by atoms with van der Waals surface area (Å²) in [6.45, 7) is 0. The SMILES string of the molecule is Nc1[nH]ncc1S(=O)(=O)c1ccc(C(F)(F)F)cc1. The number of benzene rings is 1. The van der Waals surface area contributed by atoms with Gasteiger partial charge in [0.05, 0.1) is 16.7 Å². The number of rotatable bonds is 2. The molecule has 1 heterocycles. The number of nitrogens with zero attached hydrogens (tertiary/aromatic N) is 1. The molecule has 0 aliphatic carbocycles. The highest BCUT2D eigenvalue weighted by molar-refractivity contribution is 7.91. The van der Waals surface area contributed by atoms with Crippen LogP contribution >= 0.6 is 0 Å². The molecule has 2 aromatic rings. The van der Waals surface area contributed by atoms with E-state index in [0.717, 1.165) is 18.3 Å². The summed E-state index contributed by atoms with van der Waals surface area (Å²) in [6.07, 6.45) is -3.51. The number of hydrogen-bond donors (Lipinski definition) is 2. The van der Waals surface area contributed by atoms with Gasteiger partial charge in [0.2, 0.25) is 9.84 Å². The molecule has 3 N–H and O–H groups in total. The fourth-order valence-corrected chi connectivity index (χ4v) is 2.72. The lowest BCUT2D eigenvalue weighted by molar-refractivity contribution is -0.137. The predicted molar refractivity (Wildman–Crippen MR) is 59.9 cm³/mol. The maximum atomic E-state index is 12.4. The molecule has 0 fully saturated rings. The monoisotopic (exact) mass is 291 g/mol. The Hall–Kier alpha value is -2.03. The number of alkyl halides is 3. The molecule has 0 unspecified atom stereocenters. The third kappa shape index (κ3) is 2.41. The molecule has 1 aromatic heterocycles. The number of nitrogen functional groups attached to an aromatic ring is 1. The average molecular weight is 291 g/mol. The molecule has 5 nitrogen and oxygen atoms in total. The van der Waals surface area contributed by atoms with E-state index in [4.69, 9.17) is 5.73 Å². The van der Waals surface area contributed by atoms with Crippen molar-refractivity contribution in [3.63, 3.8) is 0 Å². The number of halogens is 3. The molecule has 0 spiro atoms. The van der Waals surface area contributed by atoms with E-state index < -0.39 is 21.6 Å². The molecule has 0 radical (unpaired) electrons. The molecule has 0 aliphatic heterocycles. The molecule has 2 rings (SSSR count). The summed E-state index contributed by atoms with van der Waals surface area (Å²) in [5.74, 6) is -0.167. The van der Waals surface area contributed by atoms with Gasteiger partial charge in [0.15, 0.2) is 0 Å². The van der Waals surface area contributed by atoms with Crippen molar-refractivity contribution in [1.82, 2.24) is 10.2 Å². The highest BCUT2D eigenvalue weighted by Gasteiger charge is 2.31. The molecule has 0 amide bonds. The number of sulfone groups is 1. The quantitative estimate of drug-likeness (QED) is 0.883. The van der Waals surface area contributed by atoms with Crippen LogP contribution in [0.3, 0.4) is 0 Å². The van der Waals surface area contributed by atoms with Gasteiger partial charge in [-0.25, -0.2) is 8.42 Å². The van der Waals surface area contributed by atoms with Crippen LogP contribution in [-0.2, 0) is 16.0 Å². The lowest BCUT2D eigenvalue weighted by Gasteiger charge is -2.07. The Balaban J connectivity index is 2.46. The van der Waals surface area contributed by atoms with Crippen molar-refractivity contribution >= 4 is 15.7 Å². The fourth-order valence-electron chi connectivity index (χ4n) is 1.45. The zero-order valence-corrected chi connectivity index (χ0v) is 10.1. The second-order valence-electron chi connectivity index (χ2n) is 3.67. The Morgan fingerprint density at radius 2 is 1.74 bits per heavy atom. The number of anilines is 1. The van der Waals surface area contributed by atoms with Crippen LogP contribution in [0.2, 0.25) is 0 Å². The lowest BCUT2D eigenvalue weighted by Crippen LogP contribution is -2.07. The van der Waals surface area contributed by atoms with Crippen molar-refractivity contribution in [3.8, 4) is 0 Å². The number of nitrogens with one attached hydrogen (secondary N) is 1. The highest BCUT2D eigenvalue weighted by Crippen LogP contribution is 2.31. The van der Waals surface area contributed by atoms with Gasteiger partial charge in [0.25, 0.3) is 0 Å². The second-order valence-corrected chi connectivity index (χ2v) is 5.59. The summed E-state index contributed by atoms with van der Waals surface area (Å²) in [5, 5.41) is 5.71. The summed E-state index contributed by atoms with van der Waals surface area (Å²) in [4.78, 5) is -0.555. The highest BCUT2D eigenvalue weighted by atomic mass is 32.2. The van der Waals surface area contributed by atoms with Crippen molar-refractivity contribution in [3.05, 3.63) is 36.0 Å². The van der Waals surface area contributed by atoms with E-state index in [2.05, 4.69) is 10.2 Å². The minimum atomic E-state index is -4.52. The first-order valence-electron chi connectivity index (χ1n) is 4.94. The van der Waals surface area contributed by atoms with E-state index >= 15 is 0 Å². The van der Waals surface area contributed by atoms with Gasteiger partial charge >= 0.3 is 6.18 Å². The molecule has 19 heavy (non-hydrogen) atoms. The summed E-state index contributed by atoms with van der Waals surface area (Å²) < 4.78 is 61.2. The van der Waals surface area contributed by atoms with Crippen LogP contribution in [0.5, 0.6) is 0 Å². The number of aromatic amines is 1. The van der Waals surface area contributed by atoms with Gasteiger partial charge in [0, 0.05) is 0 Å². The smallest absolute Gasteiger partial charge is 0.383 e. The van der Waals surface area contributed by atoms with Crippen LogP contribution in [-0.4, -0.2) is 18.6 Å². The first-order valence-corrected chi connectivity index (χ1v) is 6.42. The maximum Gasteiger partial charge on any atom is 0.416 e. The van der Waals surface area contributed by atoms with E-state index in [1.54, 1.807) is 0 Å². The Morgan fingerprint density at radius 3 is 2.16 bits per heavy atom. The molecule has 0 atom stereocenters. The number of hydrogen-bond acceptors (Lipinski definition) is 4. The zero-order valence-electron chi connectivity index (χ0n) is 9.27. The molecule has 9 heteroatoms. The molecule has 0 bridgehead atoms. The van der Waals surface area contributed by atoms with Crippen molar-refractivity contribution in [2.75, 3.05) is 5.73 Å². The Kier molecular flexibility index (Phi) is 3.01. The van der Waals surface area contributed by atoms with Crippen molar-refractivity contribution in [2.24, 2.45) is 0 Å². The Morgan fingerprint density at radius 1 is 1.16 bits per heavy atom. The molecular weight excluding hydrogens is 283 g/mol. The normalized spacial score (nSPS) is 12.6. The number of aromatic nitrogens is 2. The number of nitrogens with two attached hydrogens (primary N) is 1. The van der Waals surface area contributed by atoms with Gasteiger partial charge < -0.3 is 5.73 Å². The first-order chi connectivity index (χ1) is 8.73. The molecule has 0 saturated carbocycles. The van der Waals surface area contributed by atoms with E-state index in [-0.39, 0.29) is 15.6 Å². The largest absolute Gasteiger partial charge is 0.416 e. The summed E-state index contributed by atoms with van der Waals surface area (Å²) in [5.41, 5.74) is 4.46. The average Bonchev–Trinajstić information content (AvgIpc) is 2.75. The Labute approximate surface area is 106 Å². The van der Waals surface area contributed by atoms with E-state index in [9.17, 15) is 21.6 Å². The second kappa shape index (κ2) is 4.26. The summed E-state index contributed by atoms with van der Waals surface area (Å²) in [6, 6.07) is 3.15. The van der Waals surface area contributed by atoms with Crippen LogP contribution in [0.25, 0.3) is 0 Å². The van der Waals surface area contributed by atoms with Crippen LogP contribution in [0, 0.1) is 0 Å². The van der Waals surface area contributed by atoms with Gasteiger partial charge in [-0.05, 0) is 24.3 Å². The molecular formula is C10H8F3N3O2S. The third-order valence-electron chi connectivity index (χ3n) is 2.41. The van der Waals surface area contributed by atoms with E-state index in [1.807, 2.05) is 0 Å². The van der Waals surface area contributed by atoms with Gasteiger partial charge in [0.1, 0.15) is 10.7 Å². The van der Waals surface area contributed by atoms with Gasteiger partial charge in [-0.3, -0.25) is 5.10 Å².